The smallest absolute Gasteiger partial charge is 0.325 e. The first-order chi connectivity index (χ1) is 8.31. The van der Waals surface area contributed by atoms with E-state index < -0.39 is 5.60 Å². The second-order valence-corrected chi connectivity index (χ2v) is 5.20. The van der Waals surface area contributed by atoms with E-state index in [2.05, 4.69) is 5.32 Å². The molecule has 0 fully saturated rings. The molecule has 18 heavy (non-hydrogen) atoms. The molecule has 0 saturated heterocycles. The molecule has 0 radical (unpaired) electrons. The molecule has 0 unspecified atom stereocenters. The second-order valence-electron chi connectivity index (χ2n) is 4.79. The second kappa shape index (κ2) is 5.96. The van der Waals surface area contributed by atoms with Crippen LogP contribution in [0.4, 0.5) is 5.69 Å². The Bertz CT molecular complexity index is 427. The number of methoxy groups -OCH3 is 1. The Morgan fingerprint density at radius 1 is 1.39 bits per heavy atom. The highest BCUT2D eigenvalue weighted by molar-refractivity contribution is 6.32. The Balaban J connectivity index is 2.56. The zero-order valence-corrected chi connectivity index (χ0v) is 11.8. The van der Waals surface area contributed by atoms with Crippen molar-refractivity contribution in [2.45, 2.75) is 26.4 Å². The quantitative estimate of drug-likeness (QED) is 0.855. The van der Waals surface area contributed by atoms with Crippen molar-refractivity contribution in [1.82, 2.24) is 0 Å². The maximum absolute atomic E-state index is 11.5. The van der Waals surface area contributed by atoms with E-state index in [4.69, 9.17) is 21.1 Å². The standard InChI is InChI=1S/C13H18ClNO3/c1-13(2,3)18-12(16)8-15-9-5-6-10(14)11(7-9)17-4/h5-7,15H,8H2,1-4H3. The number of benzene rings is 1. The number of carbonyl (C=O) groups is 1. The molecule has 0 atom stereocenters. The highest BCUT2D eigenvalue weighted by atomic mass is 35.5. The lowest BCUT2D eigenvalue weighted by atomic mass is 10.2. The molecule has 5 heteroatoms. The third kappa shape index (κ3) is 4.84. The van der Waals surface area contributed by atoms with Gasteiger partial charge in [0.25, 0.3) is 0 Å². The number of carbonyl (C=O) groups excluding carboxylic acids is 1. The molecule has 0 saturated carbocycles. The highest BCUT2D eigenvalue weighted by Crippen LogP contribution is 2.27. The van der Waals surface area contributed by atoms with Gasteiger partial charge < -0.3 is 14.8 Å². The number of rotatable bonds is 4. The molecule has 0 aliphatic rings. The third-order valence-electron chi connectivity index (χ3n) is 2.01. The largest absolute Gasteiger partial charge is 0.495 e. The van der Waals surface area contributed by atoms with Crippen LogP contribution in [0, 0.1) is 0 Å². The van der Waals surface area contributed by atoms with Gasteiger partial charge >= 0.3 is 5.97 Å². The average molecular weight is 272 g/mol. The van der Waals surface area contributed by atoms with Gasteiger partial charge in [-0.3, -0.25) is 4.79 Å². The third-order valence-corrected chi connectivity index (χ3v) is 2.32. The monoisotopic (exact) mass is 271 g/mol. The molecule has 0 spiro atoms. The predicted molar refractivity (Wildman–Crippen MR) is 72.3 cm³/mol. The van der Waals surface area contributed by atoms with Crippen molar-refractivity contribution < 1.29 is 14.3 Å². The van der Waals surface area contributed by atoms with Crippen LogP contribution < -0.4 is 10.1 Å². The van der Waals surface area contributed by atoms with Crippen LogP contribution in [-0.4, -0.2) is 25.2 Å². The van der Waals surface area contributed by atoms with Gasteiger partial charge in [0.1, 0.15) is 17.9 Å². The normalized spacial score (nSPS) is 10.9. The van der Waals surface area contributed by atoms with Crippen LogP contribution in [0.1, 0.15) is 20.8 Å². The Kier molecular flexibility index (Phi) is 4.84. The van der Waals surface area contributed by atoms with Crippen LogP contribution in [0.25, 0.3) is 0 Å². The summed E-state index contributed by atoms with van der Waals surface area (Å²) in [6.45, 7) is 5.59. The summed E-state index contributed by atoms with van der Waals surface area (Å²) in [6, 6.07) is 5.21. The minimum Gasteiger partial charge on any atom is -0.495 e. The van der Waals surface area contributed by atoms with Gasteiger partial charge in [-0.15, -0.1) is 0 Å². The van der Waals surface area contributed by atoms with Crippen molar-refractivity contribution in [2.24, 2.45) is 0 Å². The molecule has 4 nitrogen and oxygen atoms in total. The number of hydrogen-bond donors (Lipinski definition) is 1. The summed E-state index contributed by atoms with van der Waals surface area (Å²) in [5.74, 6) is 0.252. The van der Waals surface area contributed by atoms with Crippen LogP contribution in [0.15, 0.2) is 18.2 Å². The van der Waals surface area contributed by atoms with Crippen molar-refractivity contribution in [2.75, 3.05) is 19.0 Å². The van der Waals surface area contributed by atoms with Gasteiger partial charge in [-0.25, -0.2) is 0 Å². The van der Waals surface area contributed by atoms with Crippen molar-refractivity contribution in [3.63, 3.8) is 0 Å². The van der Waals surface area contributed by atoms with Crippen molar-refractivity contribution in [3.8, 4) is 5.75 Å². The highest BCUT2D eigenvalue weighted by Gasteiger charge is 2.15. The summed E-state index contributed by atoms with van der Waals surface area (Å²) < 4.78 is 10.3. The predicted octanol–water partition coefficient (Wildman–Crippen LogP) is 3.10. The van der Waals surface area contributed by atoms with Crippen LogP contribution >= 0.6 is 11.6 Å². The van der Waals surface area contributed by atoms with Crippen LogP contribution in [0.5, 0.6) is 5.75 Å². The fourth-order valence-corrected chi connectivity index (χ4v) is 1.52. The van der Waals surface area contributed by atoms with E-state index >= 15 is 0 Å². The number of nitrogens with one attached hydrogen (secondary N) is 1. The van der Waals surface area contributed by atoms with Gasteiger partial charge in [-0.1, -0.05) is 11.6 Å². The molecule has 0 heterocycles. The molecular formula is C13H18ClNO3. The summed E-state index contributed by atoms with van der Waals surface area (Å²) in [5.41, 5.74) is 0.276. The van der Waals surface area contributed by atoms with Gasteiger partial charge in [0.2, 0.25) is 0 Å². The Labute approximate surface area is 112 Å². The maximum atomic E-state index is 11.5. The first-order valence-corrected chi connectivity index (χ1v) is 5.99. The van der Waals surface area contributed by atoms with Crippen molar-refractivity contribution in [3.05, 3.63) is 23.2 Å². The summed E-state index contributed by atoms with van der Waals surface area (Å²) in [4.78, 5) is 11.5. The minimum absolute atomic E-state index is 0.0993. The zero-order chi connectivity index (χ0) is 13.8. The first-order valence-electron chi connectivity index (χ1n) is 5.61. The van der Waals surface area contributed by atoms with E-state index in [-0.39, 0.29) is 12.5 Å². The van der Waals surface area contributed by atoms with E-state index in [1.165, 1.54) is 0 Å². The van der Waals surface area contributed by atoms with E-state index in [0.29, 0.717) is 10.8 Å². The van der Waals surface area contributed by atoms with Gasteiger partial charge in [-0.2, -0.15) is 0 Å². The number of halogens is 1. The fraction of sp³-hybridized carbons (Fsp3) is 0.462. The van der Waals surface area contributed by atoms with Gasteiger partial charge in [0, 0.05) is 11.8 Å². The van der Waals surface area contributed by atoms with E-state index in [1.807, 2.05) is 20.8 Å². The van der Waals surface area contributed by atoms with Crippen molar-refractivity contribution in [1.29, 1.82) is 0 Å². The maximum Gasteiger partial charge on any atom is 0.325 e. The molecule has 1 rings (SSSR count). The van der Waals surface area contributed by atoms with Crippen LogP contribution in [-0.2, 0) is 9.53 Å². The molecule has 100 valence electrons. The molecule has 1 aromatic carbocycles. The molecular weight excluding hydrogens is 254 g/mol. The lowest BCUT2D eigenvalue weighted by Gasteiger charge is -2.19. The van der Waals surface area contributed by atoms with Crippen LogP contribution in [0.2, 0.25) is 5.02 Å². The molecule has 1 aromatic rings. The number of anilines is 1. The average Bonchev–Trinajstić information content (AvgIpc) is 2.25. The van der Waals surface area contributed by atoms with E-state index in [0.717, 1.165) is 5.69 Å². The minimum atomic E-state index is -0.476. The molecule has 0 bridgehead atoms. The van der Waals surface area contributed by atoms with Gasteiger partial charge in [-0.05, 0) is 32.9 Å². The lowest BCUT2D eigenvalue weighted by molar-refractivity contribution is -0.152. The van der Waals surface area contributed by atoms with Crippen molar-refractivity contribution >= 4 is 23.3 Å². The zero-order valence-electron chi connectivity index (χ0n) is 11.0. The van der Waals surface area contributed by atoms with E-state index in [1.54, 1.807) is 25.3 Å². The summed E-state index contributed by atoms with van der Waals surface area (Å²) in [5, 5.41) is 3.48. The molecule has 0 aromatic heterocycles. The number of esters is 1. The Hall–Kier alpha value is -1.42. The molecule has 1 N–H and O–H groups in total. The van der Waals surface area contributed by atoms with Gasteiger partial charge in [0.15, 0.2) is 0 Å². The van der Waals surface area contributed by atoms with Gasteiger partial charge in [0.05, 0.1) is 12.1 Å². The fourth-order valence-electron chi connectivity index (χ4n) is 1.32. The first kappa shape index (κ1) is 14.6. The number of ether oxygens (including phenoxy) is 2. The topological polar surface area (TPSA) is 47.6 Å². The SMILES string of the molecule is COc1cc(NCC(=O)OC(C)(C)C)ccc1Cl. The molecule has 0 aliphatic heterocycles. The molecule has 0 aliphatic carbocycles. The van der Waals surface area contributed by atoms with E-state index in [9.17, 15) is 4.79 Å². The Morgan fingerprint density at radius 3 is 2.61 bits per heavy atom. The molecule has 0 amide bonds. The lowest BCUT2D eigenvalue weighted by Crippen LogP contribution is -2.28. The number of hydrogen-bond acceptors (Lipinski definition) is 4. The summed E-state index contributed by atoms with van der Waals surface area (Å²) >= 11 is 5.90. The summed E-state index contributed by atoms with van der Waals surface area (Å²) in [6.07, 6.45) is 0. The van der Waals surface area contributed by atoms with Crippen LogP contribution in [0.3, 0.4) is 0 Å². The summed E-state index contributed by atoms with van der Waals surface area (Å²) in [7, 11) is 1.54. The Morgan fingerprint density at radius 2 is 2.06 bits per heavy atom.